The van der Waals surface area contributed by atoms with Crippen LogP contribution in [0.5, 0.6) is 0 Å². The van der Waals surface area contributed by atoms with Crippen LogP contribution in [0, 0.1) is 0 Å². The van der Waals surface area contributed by atoms with Crippen LogP contribution in [0.3, 0.4) is 0 Å². The van der Waals surface area contributed by atoms with E-state index in [2.05, 4.69) is 12.1 Å². The molecule has 1 aliphatic rings. The molecule has 164 valence electrons. The number of aromatic nitrogens is 3. The average molecular weight is 461 g/mol. The summed E-state index contributed by atoms with van der Waals surface area (Å²) in [5.41, 5.74) is 3.61. The fourth-order valence-corrected chi connectivity index (χ4v) is 5.19. The minimum atomic E-state index is -0.0677. The Morgan fingerprint density at radius 3 is 1.82 bits per heavy atom. The fraction of sp³-hybridized carbons (Fsp3) is 0.0357. The van der Waals surface area contributed by atoms with Gasteiger partial charge in [-0.3, -0.25) is 9.69 Å². The Bertz CT molecular complexity index is 1440. The van der Waals surface area contributed by atoms with Gasteiger partial charge in [0.1, 0.15) is 6.54 Å². The quantitative estimate of drug-likeness (QED) is 0.310. The molecule has 0 unspecified atom stereocenters. The van der Waals surface area contributed by atoms with Crippen LogP contribution in [-0.4, -0.2) is 20.7 Å². The molecule has 4 aromatic carbocycles. The summed E-state index contributed by atoms with van der Waals surface area (Å²) >= 11 is 1.68. The molecule has 0 aliphatic carbocycles. The first-order valence-corrected chi connectivity index (χ1v) is 11.8. The number of nitrogens with zero attached hydrogens (tertiary/aromatic N) is 4. The lowest BCUT2D eigenvalue weighted by atomic mass is 10.2. The van der Waals surface area contributed by atoms with Gasteiger partial charge in [0.2, 0.25) is 0 Å². The summed E-state index contributed by atoms with van der Waals surface area (Å²) in [6, 6.07) is 35.7. The molecule has 0 saturated carbocycles. The van der Waals surface area contributed by atoms with Crippen molar-refractivity contribution in [3.05, 3.63) is 109 Å². The van der Waals surface area contributed by atoms with Crippen LogP contribution in [0.15, 0.2) is 119 Å². The van der Waals surface area contributed by atoms with E-state index < -0.39 is 0 Å². The fourth-order valence-electron chi connectivity index (χ4n) is 4.13. The number of hydrogen-bond acceptors (Lipinski definition) is 4. The van der Waals surface area contributed by atoms with E-state index in [1.807, 2.05) is 97.1 Å². The molecule has 5 aromatic rings. The van der Waals surface area contributed by atoms with E-state index in [4.69, 9.17) is 10.1 Å². The zero-order valence-corrected chi connectivity index (χ0v) is 19.0. The van der Waals surface area contributed by atoms with Crippen LogP contribution in [0.1, 0.15) is 0 Å². The molecule has 1 aromatic heterocycles. The number of amides is 1. The first-order valence-electron chi connectivity index (χ1n) is 11.0. The molecule has 5 nitrogen and oxygen atoms in total. The predicted molar refractivity (Wildman–Crippen MR) is 135 cm³/mol. The van der Waals surface area contributed by atoms with E-state index in [1.54, 1.807) is 21.3 Å². The Morgan fingerprint density at radius 1 is 0.676 bits per heavy atom. The van der Waals surface area contributed by atoms with Gasteiger partial charge < -0.3 is 0 Å². The van der Waals surface area contributed by atoms with Gasteiger partial charge >= 0.3 is 0 Å². The van der Waals surface area contributed by atoms with Gasteiger partial charge in [0.05, 0.1) is 11.4 Å². The Morgan fingerprint density at radius 2 is 1.21 bits per heavy atom. The van der Waals surface area contributed by atoms with E-state index in [0.717, 1.165) is 32.3 Å². The predicted octanol–water partition coefficient (Wildman–Crippen LogP) is 6.44. The summed E-state index contributed by atoms with van der Waals surface area (Å²) < 4.78 is 1.72. The molecule has 0 N–H and O–H groups in total. The van der Waals surface area contributed by atoms with Crippen LogP contribution >= 0.6 is 11.8 Å². The molecule has 1 aliphatic heterocycles. The highest BCUT2D eigenvalue weighted by Crippen LogP contribution is 2.48. The van der Waals surface area contributed by atoms with Crippen molar-refractivity contribution in [1.82, 2.24) is 14.8 Å². The van der Waals surface area contributed by atoms with Crippen LogP contribution < -0.4 is 4.90 Å². The van der Waals surface area contributed by atoms with Crippen molar-refractivity contribution in [2.24, 2.45) is 0 Å². The first kappa shape index (κ1) is 20.4. The van der Waals surface area contributed by atoms with E-state index >= 15 is 0 Å². The zero-order chi connectivity index (χ0) is 22.9. The molecule has 0 bridgehead atoms. The van der Waals surface area contributed by atoms with Gasteiger partial charge in [0.15, 0.2) is 11.6 Å². The topological polar surface area (TPSA) is 51.0 Å². The highest BCUT2D eigenvalue weighted by Gasteiger charge is 2.29. The Kier molecular flexibility index (Phi) is 5.20. The molecule has 2 heterocycles. The number of benzene rings is 4. The van der Waals surface area contributed by atoms with Gasteiger partial charge in [-0.1, -0.05) is 96.7 Å². The summed E-state index contributed by atoms with van der Waals surface area (Å²) in [4.78, 5) is 22.6. The molecular formula is C28H20N4OS. The lowest BCUT2D eigenvalue weighted by Crippen LogP contribution is -2.32. The van der Waals surface area contributed by atoms with Gasteiger partial charge in [-0.2, -0.15) is 0 Å². The van der Waals surface area contributed by atoms with E-state index in [9.17, 15) is 4.79 Å². The molecule has 0 radical (unpaired) electrons. The van der Waals surface area contributed by atoms with Gasteiger partial charge in [0, 0.05) is 20.9 Å². The summed E-state index contributed by atoms with van der Waals surface area (Å²) in [5, 5.41) is 4.76. The smallest absolute Gasteiger partial charge is 0.253 e. The maximum atomic E-state index is 13.9. The molecule has 1 amide bonds. The number of carbonyl (C=O) groups excluding carboxylic acids is 1. The third kappa shape index (κ3) is 3.68. The minimum absolute atomic E-state index is 0.0669. The normalized spacial score (nSPS) is 12.2. The minimum Gasteiger partial charge on any atom is -0.277 e. The monoisotopic (exact) mass is 460 g/mol. The second-order valence-electron chi connectivity index (χ2n) is 7.92. The highest BCUT2D eigenvalue weighted by atomic mass is 32.2. The first-order chi connectivity index (χ1) is 16.8. The molecule has 6 rings (SSSR count). The van der Waals surface area contributed by atoms with Crippen molar-refractivity contribution in [3.8, 4) is 22.8 Å². The summed E-state index contributed by atoms with van der Waals surface area (Å²) in [5.74, 6) is 1.20. The summed E-state index contributed by atoms with van der Waals surface area (Å²) in [7, 11) is 0. The second-order valence-corrected chi connectivity index (χ2v) is 9.00. The number of rotatable bonds is 4. The Hall–Kier alpha value is -4.16. The third-order valence-corrected chi connectivity index (χ3v) is 6.83. The number of para-hydroxylation sites is 2. The maximum absolute atomic E-state index is 13.9. The SMILES string of the molecule is O=C(Cn1nc(-c2ccccc2)nc1-c1ccccc1)N1c2ccccc2Sc2ccccc21. The van der Waals surface area contributed by atoms with E-state index in [1.165, 1.54) is 0 Å². The molecule has 6 heteroatoms. The van der Waals surface area contributed by atoms with Crippen molar-refractivity contribution < 1.29 is 4.79 Å². The molecule has 0 spiro atoms. The van der Waals surface area contributed by atoms with Crippen molar-refractivity contribution in [2.75, 3.05) is 4.90 Å². The van der Waals surface area contributed by atoms with Crippen LogP contribution in [0.4, 0.5) is 11.4 Å². The second kappa shape index (κ2) is 8.65. The van der Waals surface area contributed by atoms with Crippen molar-refractivity contribution in [3.63, 3.8) is 0 Å². The van der Waals surface area contributed by atoms with Gasteiger partial charge in [-0.25, -0.2) is 9.67 Å². The van der Waals surface area contributed by atoms with Gasteiger partial charge in [-0.15, -0.1) is 5.10 Å². The molecule has 0 atom stereocenters. The number of fused-ring (bicyclic) bond motifs is 2. The van der Waals surface area contributed by atoms with Crippen molar-refractivity contribution in [2.45, 2.75) is 16.3 Å². The lowest BCUT2D eigenvalue weighted by molar-refractivity contribution is -0.118. The van der Waals surface area contributed by atoms with Crippen molar-refractivity contribution >= 4 is 29.0 Å². The molecular weight excluding hydrogens is 440 g/mol. The Labute approximate surface area is 201 Å². The van der Waals surface area contributed by atoms with Crippen LogP contribution in [0.25, 0.3) is 22.8 Å². The van der Waals surface area contributed by atoms with E-state index in [0.29, 0.717) is 11.6 Å². The largest absolute Gasteiger partial charge is 0.277 e. The van der Waals surface area contributed by atoms with Crippen molar-refractivity contribution in [1.29, 1.82) is 0 Å². The number of hydrogen-bond donors (Lipinski definition) is 0. The van der Waals surface area contributed by atoms with E-state index in [-0.39, 0.29) is 12.5 Å². The number of anilines is 2. The highest BCUT2D eigenvalue weighted by molar-refractivity contribution is 7.99. The lowest BCUT2D eigenvalue weighted by Gasteiger charge is -2.31. The summed E-state index contributed by atoms with van der Waals surface area (Å²) in [6.45, 7) is 0.0669. The third-order valence-electron chi connectivity index (χ3n) is 5.70. The molecule has 0 fully saturated rings. The molecule has 34 heavy (non-hydrogen) atoms. The summed E-state index contributed by atoms with van der Waals surface area (Å²) in [6.07, 6.45) is 0. The standard InChI is InChI=1S/C28H20N4OS/c33-26(32-22-15-7-9-17-24(22)34-25-18-10-8-16-23(25)32)19-31-28(21-13-5-2-6-14-21)29-27(30-31)20-11-3-1-4-12-20/h1-18H,19H2. The molecule has 0 saturated heterocycles. The van der Waals surface area contributed by atoms with Crippen LogP contribution in [-0.2, 0) is 11.3 Å². The van der Waals surface area contributed by atoms with Crippen LogP contribution in [0.2, 0.25) is 0 Å². The Balaban J connectivity index is 1.43. The maximum Gasteiger partial charge on any atom is 0.253 e. The average Bonchev–Trinajstić information content (AvgIpc) is 3.32. The van der Waals surface area contributed by atoms with Gasteiger partial charge in [-0.05, 0) is 24.3 Å². The zero-order valence-electron chi connectivity index (χ0n) is 18.2. The number of carbonyl (C=O) groups is 1. The van der Waals surface area contributed by atoms with Gasteiger partial charge in [0.25, 0.3) is 5.91 Å².